The molecule has 3 rings (SSSR count). The van der Waals surface area contributed by atoms with Crippen LogP contribution >= 0.6 is 0 Å². The number of anilines is 1. The maximum atomic E-state index is 9.27. The molecule has 128 valence electrons. The third-order valence-electron chi connectivity index (χ3n) is 4.23. The molecular weight excluding hydrogens is 312 g/mol. The Morgan fingerprint density at radius 3 is 2.44 bits per heavy atom. The van der Waals surface area contributed by atoms with Crippen LogP contribution in [0, 0.1) is 11.3 Å². The molecule has 1 aliphatic heterocycles. The van der Waals surface area contributed by atoms with Crippen molar-refractivity contribution in [1.29, 1.82) is 5.26 Å². The van der Waals surface area contributed by atoms with Crippen LogP contribution in [0.4, 0.5) is 5.69 Å². The summed E-state index contributed by atoms with van der Waals surface area (Å²) in [6.07, 6.45) is 1.29. The van der Waals surface area contributed by atoms with Crippen LogP contribution in [0.1, 0.15) is 32.6 Å². The molecule has 1 unspecified atom stereocenters. The molecule has 1 aliphatic rings. The molecule has 0 radical (unpaired) electrons. The first kappa shape index (κ1) is 17.1. The van der Waals surface area contributed by atoms with Gasteiger partial charge in [0.15, 0.2) is 6.23 Å². The van der Waals surface area contributed by atoms with E-state index in [1.54, 1.807) is 6.08 Å². The van der Waals surface area contributed by atoms with Crippen molar-refractivity contribution in [1.82, 2.24) is 0 Å². The van der Waals surface area contributed by atoms with Crippen molar-refractivity contribution in [3.8, 4) is 11.8 Å². The number of allylic oxidation sites excluding steroid dienone is 1. The monoisotopic (exact) mass is 334 g/mol. The van der Waals surface area contributed by atoms with Gasteiger partial charge in [-0.1, -0.05) is 30.3 Å². The highest BCUT2D eigenvalue weighted by atomic mass is 16.5. The average molecular weight is 334 g/mol. The normalized spacial score (nSPS) is 20.5. The summed E-state index contributed by atoms with van der Waals surface area (Å²) in [5, 5.41) is 9.27. The van der Waals surface area contributed by atoms with Gasteiger partial charge in [-0.3, -0.25) is 0 Å². The van der Waals surface area contributed by atoms with E-state index in [1.165, 1.54) is 0 Å². The smallest absolute Gasteiger partial charge is 0.161 e. The lowest BCUT2D eigenvalue weighted by molar-refractivity contribution is -0.00383. The zero-order valence-electron chi connectivity index (χ0n) is 14.8. The van der Waals surface area contributed by atoms with Crippen molar-refractivity contribution in [3.05, 3.63) is 71.9 Å². The Kier molecular flexibility index (Phi) is 4.78. The lowest BCUT2D eigenvalue weighted by Gasteiger charge is -2.26. The molecule has 1 fully saturated rings. The maximum absolute atomic E-state index is 9.27. The van der Waals surface area contributed by atoms with Gasteiger partial charge in [0, 0.05) is 17.3 Å². The Hall–Kier alpha value is -2.77. The first-order chi connectivity index (χ1) is 12.1. The van der Waals surface area contributed by atoms with E-state index in [1.807, 2.05) is 75.4 Å². The molecule has 0 aliphatic carbocycles. The maximum Gasteiger partial charge on any atom is 0.161 e. The molecule has 0 bridgehead atoms. The van der Waals surface area contributed by atoms with E-state index in [2.05, 4.69) is 11.0 Å². The number of benzene rings is 2. The lowest BCUT2D eigenvalue weighted by atomic mass is 10.0. The molecule has 1 atom stereocenters. The fourth-order valence-corrected chi connectivity index (χ4v) is 3.09. The van der Waals surface area contributed by atoms with Gasteiger partial charge in [-0.15, -0.1) is 0 Å². The van der Waals surface area contributed by atoms with E-state index in [9.17, 15) is 5.26 Å². The minimum atomic E-state index is -0.561. The standard InChI is InChI=1S/C21H22N2O2/c1-4-24-18-12-10-17(11-13-18)23-19(14-15-22)21(2,3)25-20(23)16-8-6-5-7-9-16/h5-14,20H,4H2,1-3H3. The fourth-order valence-electron chi connectivity index (χ4n) is 3.09. The van der Waals surface area contributed by atoms with Gasteiger partial charge in [0.25, 0.3) is 0 Å². The van der Waals surface area contributed by atoms with Gasteiger partial charge >= 0.3 is 0 Å². The first-order valence-electron chi connectivity index (χ1n) is 8.42. The van der Waals surface area contributed by atoms with Gasteiger partial charge in [-0.25, -0.2) is 0 Å². The van der Waals surface area contributed by atoms with Crippen LogP contribution in [-0.4, -0.2) is 12.2 Å². The number of ether oxygens (including phenoxy) is 2. The summed E-state index contributed by atoms with van der Waals surface area (Å²) in [5.41, 5.74) is 2.29. The number of hydrogen-bond donors (Lipinski definition) is 0. The molecule has 0 N–H and O–H groups in total. The number of rotatable bonds is 4. The van der Waals surface area contributed by atoms with Crippen LogP contribution in [0.25, 0.3) is 0 Å². The molecule has 4 nitrogen and oxygen atoms in total. The summed E-state index contributed by atoms with van der Waals surface area (Å²) < 4.78 is 11.9. The quantitative estimate of drug-likeness (QED) is 0.753. The predicted molar refractivity (Wildman–Crippen MR) is 98.1 cm³/mol. The number of nitriles is 1. The second kappa shape index (κ2) is 7.00. The molecule has 2 aromatic rings. The third kappa shape index (κ3) is 3.38. The molecule has 0 amide bonds. The predicted octanol–water partition coefficient (Wildman–Crippen LogP) is 4.81. The number of nitrogens with zero attached hydrogens (tertiary/aromatic N) is 2. The topological polar surface area (TPSA) is 45.5 Å². The van der Waals surface area contributed by atoms with Crippen molar-refractivity contribution in [2.24, 2.45) is 0 Å². The molecular formula is C21H22N2O2. The van der Waals surface area contributed by atoms with Crippen LogP contribution in [0.2, 0.25) is 0 Å². The van der Waals surface area contributed by atoms with Crippen LogP contribution < -0.4 is 9.64 Å². The van der Waals surface area contributed by atoms with Crippen LogP contribution in [0.5, 0.6) is 5.75 Å². The molecule has 1 saturated heterocycles. The zero-order valence-corrected chi connectivity index (χ0v) is 14.8. The molecule has 1 heterocycles. The molecule has 0 spiro atoms. The first-order valence-corrected chi connectivity index (χ1v) is 8.42. The van der Waals surface area contributed by atoms with Gasteiger partial charge in [0.2, 0.25) is 0 Å². The summed E-state index contributed by atoms with van der Waals surface area (Å²) in [4.78, 5) is 2.08. The summed E-state index contributed by atoms with van der Waals surface area (Å²) >= 11 is 0. The minimum absolute atomic E-state index is 0.284. The Morgan fingerprint density at radius 2 is 1.84 bits per heavy atom. The van der Waals surface area contributed by atoms with Crippen LogP contribution in [0.3, 0.4) is 0 Å². The van der Waals surface area contributed by atoms with E-state index in [-0.39, 0.29) is 6.23 Å². The summed E-state index contributed by atoms with van der Waals surface area (Å²) in [7, 11) is 0. The van der Waals surface area contributed by atoms with E-state index >= 15 is 0 Å². The Bertz CT molecular complexity index is 789. The van der Waals surface area contributed by atoms with Gasteiger partial charge in [-0.05, 0) is 45.0 Å². The fraction of sp³-hybridized carbons (Fsp3) is 0.286. The lowest BCUT2D eigenvalue weighted by Crippen LogP contribution is -2.25. The molecule has 0 aromatic heterocycles. The van der Waals surface area contributed by atoms with E-state index < -0.39 is 5.60 Å². The van der Waals surface area contributed by atoms with Gasteiger partial charge < -0.3 is 14.4 Å². The van der Waals surface area contributed by atoms with Crippen molar-refractivity contribution in [2.75, 3.05) is 11.5 Å². The largest absolute Gasteiger partial charge is 0.494 e. The Labute approximate surface area is 148 Å². The van der Waals surface area contributed by atoms with Crippen LogP contribution in [0.15, 0.2) is 66.4 Å². The van der Waals surface area contributed by atoms with Gasteiger partial charge in [-0.2, -0.15) is 5.26 Å². The minimum Gasteiger partial charge on any atom is -0.494 e. The van der Waals surface area contributed by atoms with E-state index in [4.69, 9.17) is 9.47 Å². The van der Waals surface area contributed by atoms with Crippen molar-refractivity contribution in [2.45, 2.75) is 32.6 Å². The highest BCUT2D eigenvalue weighted by molar-refractivity contribution is 5.59. The van der Waals surface area contributed by atoms with Gasteiger partial charge in [0.05, 0.1) is 18.4 Å². The average Bonchev–Trinajstić information content (AvgIpc) is 2.88. The SMILES string of the molecule is CCOc1ccc(N2C(=CC#N)C(C)(C)OC2c2ccccc2)cc1. The molecule has 4 heteroatoms. The third-order valence-corrected chi connectivity index (χ3v) is 4.23. The van der Waals surface area contributed by atoms with E-state index in [0.717, 1.165) is 22.7 Å². The molecule has 0 saturated carbocycles. The summed E-state index contributed by atoms with van der Waals surface area (Å²) in [6.45, 7) is 6.57. The second-order valence-electron chi connectivity index (χ2n) is 6.35. The number of hydrogen-bond acceptors (Lipinski definition) is 4. The molecule has 2 aromatic carbocycles. The zero-order chi connectivity index (χ0) is 17.9. The Morgan fingerprint density at radius 1 is 1.16 bits per heavy atom. The summed E-state index contributed by atoms with van der Waals surface area (Å²) in [6, 6.07) is 20.1. The van der Waals surface area contributed by atoms with Crippen molar-refractivity contribution >= 4 is 5.69 Å². The highest BCUT2D eigenvalue weighted by Crippen LogP contribution is 2.46. The second-order valence-corrected chi connectivity index (χ2v) is 6.35. The summed E-state index contributed by atoms with van der Waals surface area (Å²) in [5.74, 6) is 0.827. The Balaban J connectivity index is 2.06. The van der Waals surface area contributed by atoms with Crippen LogP contribution in [-0.2, 0) is 4.74 Å². The van der Waals surface area contributed by atoms with E-state index in [0.29, 0.717) is 6.61 Å². The van der Waals surface area contributed by atoms with Crippen molar-refractivity contribution in [3.63, 3.8) is 0 Å². The van der Waals surface area contributed by atoms with Gasteiger partial charge in [0.1, 0.15) is 11.4 Å². The van der Waals surface area contributed by atoms with Crippen molar-refractivity contribution < 1.29 is 9.47 Å². The highest BCUT2D eigenvalue weighted by Gasteiger charge is 2.44. The molecule has 25 heavy (non-hydrogen) atoms.